The molecule has 2 aliphatic heterocycles. The van der Waals surface area contributed by atoms with Gasteiger partial charge in [0, 0.05) is 49.5 Å². The summed E-state index contributed by atoms with van der Waals surface area (Å²) in [5.41, 5.74) is 2.75. The molecule has 0 amide bonds. The zero-order valence-electron chi connectivity index (χ0n) is 20.4. The third-order valence-electron chi connectivity index (χ3n) is 6.46. The van der Waals surface area contributed by atoms with Crippen molar-refractivity contribution >= 4 is 15.4 Å². The molecule has 0 aliphatic carbocycles. The third kappa shape index (κ3) is 8.40. The first kappa shape index (κ1) is 24.7. The van der Waals surface area contributed by atoms with Crippen LogP contribution < -0.4 is 9.92 Å². The van der Waals surface area contributed by atoms with Crippen molar-refractivity contribution in [3.63, 3.8) is 0 Å². The summed E-state index contributed by atoms with van der Waals surface area (Å²) in [4.78, 5) is 4.97. The molecule has 0 N–H and O–H groups in total. The van der Waals surface area contributed by atoms with Gasteiger partial charge in [0.25, 0.3) is 0 Å². The van der Waals surface area contributed by atoms with E-state index in [4.69, 9.17) is 9.47 Å². The van der Waals surface area contributed by atoms with E-state index in [1.165, 1.54) is 26.6 Å². The molecule has 3 aromatic rings. The van der Waals surface area contributed by atoms with Crippen LogP contribution in [0.4, 0.5) is 0 Å². The van der Waals surface area contributed by atoms with E-state index in [1.54, 1.807) is 0 Å². The van der Waals surface area contributed by atoms with Crippen LogP contribution in [-0.4, -0.2) is 65.5 Å². The van der Waals surface area contributed by atoms with E-state index >= 15 is 0 Å². The summed E-state index contributed by atoms with van der Waals surface area (Å²) in [5.74, 6) is 1.00. The van der Waals surface area contributed by atoms with Gasteiger partial charge in [0.1, 0.15) is 11.9 Å². The van der Waals surface area contributed by atoms with Gasteiger partial charge in [0.15, 0.2) is 0 Å². The summed E-state index contributed by atoms with van der Waals surface area (Å²) < 4.78 is 11.7. The minimum atomic E-state index is 0.335. The molecule has 2 heterocycles. The molecule has 180 valence electrons. The maximum Gasteiger partial charge on any atom is 0.119 e. The van der Waals surface area contributed by atoms with Gasteiger partial charge in [0.2, 0.25) is 0 Å². The Bertz CT molecular complexity index is 939. The van der Waals surface area contributed by atoms with Gasteiger partial charge < -0.3 is 9.47 Å². The monoisotopic (exact) mass is 474 g/mol. The van der Waals surface area contributed by atoms with Crippen molar-refractivity contribution in [1.82, 2.24) is 9.80 Å². The molecule has 0 saturated carbocycles. The fourth-order valence-corrected chi connectivity index (χ4v) is 4.83. The van der Waals surface area contributed by atoms with Gasteiger partial charge in [-0.1, -0.05) is 78.0 Å². The van der Waals surface area contributed by atoms with Crippen molar-refractivity contribution in [2.75, 3.05) is 39.4 Å². The molecule has 3 aromatic carbocycles. The predicted octanol–water partition coefficient (Wildman–Crippen LogP) is 3.24. The van der Waals surface area contributed by atoms with Crippen LogP contribution in [0.3, 0.4) is 0 Å². The molecule has 4 nitrogen and oxygen atoms in total. The first-order valence-corrected chi connectivity index (χ1v) is 13.6. The average Bonchev–Trinajstić information content (AvgIpc) is 2.89. The zero-order chi connectivity index (χ0) is 23.4. The second kappa shape index (κ2) is 13.4. The van der Waals surface area contributed by atoms with E-state index in [0.29, 0.717) is 6.10 Å². The molecule has 5 heteroatoms. The molecular weight excluding hydrogens is 436 g/mol. The molecule has 0 radical (unpaired) electrons. The maximum absolute atomic E-state index is 6.24. The van der Waals surface area contributed by atoms with Gasteiger partial charge in [-0.15, -0.1) is 0 Å². The molecule has 0 bridgehead atoms. The van der Waals surface area contributed by atoms with Gasteiger partial charge in [-0.25, -0.2) is 0 Å². The first-order valence-electron chi connectivity index (χ1n) is 12.6. The lowest BCUT2D eigenvalue weighted by atomic mass is 10.1. The summed E-state index contributed by atoms with van der Waals surface area (Å²) in [6.45, 7) is 8.02. The van der Waals surface area contributed by atoms with Crippen LogP contribution in [0.1, 0.15) is 24.0 Å². The quantitative estimate of drug-likeness (QED) is 0.512. The lowest BCUT2D eigenvalue weighted by Crippen LogP contribution is -2.37. The Morgan fingerprint density at radius 2 is 1.21 bits per heavy atom. The standard InChI is InChI=1S/C23H30N2O2.C6H8Si/c1-2-4-20(5-3-1)18-24-12-10-23(11-13-24)27-22-8-6-21(7-9-22)19-25-14-16-26-17-15-25;7-6-4-2-1-3-5-6/h1-9,23H,10-19H2;1-5H,7H3. The number of piperidine rings is 1. The highest BCUT2D eigenvalue weighted by Gasteiger charge is 2.20. The van der Waals surface area contributed by atoms with Gasteiger partial charge in [-0.2, -0.15) is 0 Å². The Morgan fingerprint density at radius 1 is 0.676 bits per heavy atom. The Balaban J connectivity index is 0.000000336. The first-order chi connectivity index (χ1) is 16.7. The molecule has 0 spiro atoms. The Labute approximate surface area is 207 Å². The van der Waals surface area contributed by atoms with Gasteiger partial charge in [-0.05, 0) is 36.1 Å². The highest BCUT2D eigenvalue weighted by molar-refractivity contribution is 6.32. The molecule has 34 heavy (non-hydrogen) atoms. The molecule has 0 unspecified atom stereocenters. The number of likely N-dealkylation sites (tertiary alicyclic amines) is 1. The summed E-state index contributed by atoms with van der Waals surface area (Å²) in [6, 6.07) is 29.9. The number of hydrogen-bond donors (Lipinski definition) is 0. The highest BCUT2D eigenvalue weighted by atomic mass is 28.1. The van der Waals surface area contributed by atoms with Crippen LogP contribution in [0, 0.1) is 0 Å². The van der Waals surface area contributed by atoms with Crippen molar-refractivity contribution < 1.29 is 9.47 Å². The van der Waals surface area contributed by atoms with Crippen molar-refractivity contribution in [2.45, 2.75) is 32.0 Å². The Morgan fingerprint density at radius 3 is 1.76 bits per heavy atom. The average molecular weight is 475 g/mol. The number of rotatable bonds is 6. The van der Waals surface area contributed by atoms with Crippen molar-refractivity contribution in [2.24, 2.45) is 0 Å². The normalized spacial score (nSPS) is 17.6. The van der Waals surface area contributed by atoms with Crippen molar-refractivity contribution in [1.29, 1.82) is 0 Å². The van der Waals surface area contributed by atoms with Crippen LogP contribution in [0.2, 0.25) is 0 Å². The van der Waals surface area contributed by atoms with Crippen LogP contribution in [0.25, 0.3) is 0 Å². The smallest absolute Gasteiger partial charge is 0.119 e. The number of benzene rings is 3. The zero-order valence-corrected chi connectivity index (χ0v) is 22.4. The molecular formula is C29H38N2O2Si. The second-order valence-corrected chi connectivity index (χ2v) is 10.4. The fraction of sp³-hybridized carbons (Fsp3) is 0.379. The SMILES string of the molecule is [SiH3]c1ccccc1.c1ccc(CN2CCC(Oc3ccc(CN4CCOCC4)cc3)CC2)cc1. The largest absolute Gasteiger partial charge is 0.490 e. The molecule has 2 aliphatic rings. The number of nitrogens with zero attached hydrogens (tertiary/aromatic N) is 2. The van der Waals surface area contributed by atoms with Crippen molar-refractivity contribution in [3.05, 3.63) is 96.1 Å². The van der Waals surface area contributed by atoms with Gasteiger partial charge in [0.05, 0.1) is 13.2 Å². The van der Waals surface area contributed by atoms with E-state index < -0.39 is 0 Å². The lowest BCUT2D eigenvalue weighted by molar-refractivity contribution is 0.0341. The minimum absolute atomic E-state index is 0.335. The minimum Gasteiger partial charge on any atom is -0.490 e. The fourth-order valence-electron chi connectivity index (χ4n) is 4.44. The van der Waals surface area contributed by atoms with E-state index in [0.717, 1.165) is 71.1 Å². The summed E-state index contributed by atoms with van der Waals surface area (Å²) in [7, 11) is 1.17. The molecule has 0 atom stereocenters. The van der Waals surface area contributed by atoms with Crippen molar-refractivity contribution in [3.8, 4) is 5.75 Å². The summed E-state index contributed by atoms with van der Waals surface area (Å²) >= 11 is 0. The predicted molar refractivity (Wildman–Crippen MR) is 144 cm³/mol. The number of morpholine rings is 1. The van der Waals surface area contributed by atoms with Crippen LogP contribution in [0.15, 0.2) is 84.9 Å². The highest BCUT2D eigenvalue weighted by Crippen LogP contribution is 2.21. The maximum atomic E-state index is 6.24. The number of hydrogen-bond acceptors (Lipinski definition) is 4. The molecule has 0 aromatic heterocycles. The van der Waals surface area contributed by atoms with Crippen LogP contribution in [-0.2, 0) is 17.8 Å². The number of ether oxygens (including phenoxy) is 2. The topological polar surface area (TPSA) is 24.9 Å². The van der Waals surface area contributed by atoms with E-state index in [2.05, 4.69) is 88.7 Å². The Hall–Kier alpha value is -2.44. The van der Waals surface area contributed by atoms with Gasteiger partial charge >= 0.3 is 0 Å². The molecule has 5 rings (SSSR count). The summed E-state index contributed by atoms with van der Waals surface area (Å²) in [5, 5.41) is 1.46. The van der Waals surface area contributed by atoms with Crippen LogP contribution >= 0.6 is 0 Å². The molecule has 2 fully saturated rings. The van der Waals surface area contributed by atoms with Gasteiger partial charge in [-0.3, -0.25) is 9.80 Å². The second-order valence-electron chi connectivity index (χ2n) is 9.27. The van der Waals surface area contributed by atoms with E-state index in [1.807, 2.05) is 6.07 Å². The van der Waals surface area contributed by atoms with E-state index in [9.17, 15) is 0 Å². The third-order valence-corrected chi connectivity index (χ3v) is 7.13. The van der Waals surface area contributed by atoms with Crippen LogP contribution in [0.5, 0.6) is 5.75 Å². The Kier molecular flexibility index (Phi) is 9.76. The molecule has 2 saturated heterocycles. The summed E-state index contributed by atoms with van der Waals surface area (Å²) in [6.07, 6.45) is 2.53. The lowest BCUT2D eigenvalue weighted by Gasteiger charge is -2.32. The van der Waals surface area contributed by atoms with E-state index in [-0.39, 0.29) is 0 Å².